The SMILES string of the molecule is Nc1nc2c(nc(/C=C\c3ccc4c(c3)Cc3ccccc3-4)n2[C@H]2C[C@H](O)[C@@H](COP(=O)(O)O)O2)c(=O)[nH]1. The summed E-state index contributed by atoms with van der Waals surface area (Å²) in [5.41, 5.74) is 11.3. The molecule has 0 spiro atoms. The number of hydrogen-bond acceptors (Lipinski definition) is 8. The van der Waals surface area contributed by atoms with Gasteiger partial charge in [0.15, 0.2) is 11.2 Å². The molecule has 4 aromatic rings. The van der Waals surface area contributed by atoms with E-state index in [2.05, 4.69) is 43.7 Å². The van der Waals surface area contributed by atoms with Crippen LogP contribution >= 0.6 is 7.82 Å². The van der Waals surface area contributed by atoms with Crippen LogP contribution in [0.1, 0.15) is 35.2 Å². The predicted molar refractivity (Wildman–Crippen MR) is 139 cm³/mol. The molecule has 1 aliphatic heterocycles. The van der Waals surface area contributed by atoms with Crippen LogP contribution in [0.3, 0.4) is 0 Å². The average molecular weight is 537 g/mol. The first-order valence-electron chi connectivity index (χ1n) is 11.9. The van der Waals surface area contributed by atoms with Gasteiger partial charge in [-0.15, -0.1) is 0 Å². The number of nitrogens with zero attached hydrogens (tertiary/aromatic N) is 3. The number of imidazole rings is 1. The summed E-state index contributed by atoms with van der Waals surface area (Å²) in [5.74, 6) is 0.221. The lowest BCUT2D eigenvalue weighted by Crippen LogP contribution is -2.26. The van der Waals surface area contributed by atoms with E-state index in [9.17, 15) is 14.5 Å². The highest BCUT2D eigenvalue weighted by Crippen LogP contribution is 2.39. The molecular weight excluding hydrogens is 513 g/mol. The van der Waals surface area contributed by atoms with Crippen LogP contribution in [0.4, 0.5) is 5.95 Å². The molecule has 6 N–H and O–H groups in total. The van der Waals surface area contributed by atoms with Crippen molar-refractivity contribution in [1.82, 2.24) is 19.5 Å². The number of nitrogens with two attached hydrogens (primary N) is 1. The van der Waals surface area contributed by atoms with E-state index >= 15 is 0 Å². The number of nitrogen functional groups attached to an aromatic ring is 1. The van der Waals surface area contributed by atoms with Gasteiger partial charge in [-0.2, -0.15) is 4.98 Å². The van der Waals surface area contributed by atoms with E-state index in [1.807, 2.05) is 24.3 Å². The standard InChI is InChI=1S/C25H24N5O7P/c26-25-28-23-22(24(32)29-25)27-20(30(23)21-11-18(31)19(37-21)12-36-38(33,34)35)8-6-13-5-7-17-15(9-13)10-14-3-1-2-4-16(14)17/h1-9,18-19,21,31H,10-12H2,(H2,33,34,35)(H3,26,28,29,32)/b8-6-/t18-,19+,21+/m0/s1. The van der Waals surface area contributed by atoms with Gasteiger partial charge in [-0.1, -0.05) is 48.5 Å². The smallest absolute Gasteiger partial charge is 0.390 e. The zero-order valence-corrected chi connectivity index (χ0v) is 20.8. The van der Waals surface area contributed by atoms with Crippen LogP contribution in [0.25, 0.3) is 34.4 Å². The second-order valence-corrected chi connectivity index (χ2v) is 10.5. The number of H-pyrrole nitrogens is 1. The van der Waals surface area contributed by atoms with Crippen molar-refractivity contribution in [3.05, 3.63) is 75.3 Å². The van der Waals surface area contributed by atoms with Crippen LogP contribution in [0.2, 0.25) is 0 Å². The molecule has 0 bridgehead atoms. The second-order valence-electron chi connectivity index (χ2n) is 9.27. The largest absolute Gasteiger partial charge is 0.469 e. The average Bonchev–Trinajstić information content (AvgIpc) is 3.53. The topological polar surface area (TPSA) is 186 Å². The number of nitrogens with one attached hydrogen (secondary N) is 1. The number of ether oxygens (including phenoxy) is 1. The summed E-state index contributed by atoms with van der Waals surface area (Å²) < 4.78 is 23.0. The monoisotopic (exact) mass is 537 g/mol. The Morgan fingerprint density at radius 1 is 1.16 bits per heavy atom. The summed E-state index contributed by atoms with van der Waals surface area (Å²) in [6.07, 6.45) is 1.53. The van der Waals surface area contributed by atoms with Gasteiger partial charge >= 0.3 is 7.82 Å². The minimum Gasteiger partial charge on any atom is -0.390 e. The lowest BCUT2D eigenvalue weighted by Gasteiger charge is -2.17. The number of benzene rings is 2. The number of phosphoric ester groups is 1. The molecule has 1 aliphatic carbocycles. The van der Waals surface area contributed by atoms with Crippen LogP contribution < -0.4 is 11.3 Å². The maximum absolute atomic E-state index is 12.6. The second kappa shape index (κ2) is 9.28. The molecule has 0 radical (unpaired) electrons. The number of anilines is 1. The van der Waals surface area contributed by atoms with Crippen molar-refractivity contribution >= 4 is 37.1 Å². The zero-order valence-electron chi connectivity index (χ0n) is 19.9. The molecule has 6 rings (SSSR count). The number of fused-ring (bicyclic) bond motifs is 4. The Morgan fingerprint density at radius 3 is 2.76 bits per heavy atom. The van der Waals surface area contributed by atoms with Crippen molar-refractivity contribution in [3.63, 3.8) is 0 Å². The minimum absolute atomic E-state index is 0.0382. The highest BCUT2D eigenvalue weighted by atomic mass is 31.2. The molecule has 0 unspecified atom stereocenters. The molecule has 2 aromatic carbocycles. The van der Waals surface area contributed by atoms with Crippen molar-refractivity contribution in [2.75, 3.05) is 12.3 Å². The summed E-state index contributed by atoms with van der Waals surface area (Å²) >= 11 is 0. The lowest BCUT2D eigenvalue weighted by atomic mass is 10.0. The van der Waals surface area contributed by atoms with Crippen molar-refractivity contribution < 1.29 is 28.7 Å². The van der Waals surface area contributed by atoms with Crippen LogP contribution in [-0.2, 0) is 20.2 Å². The molecule has 2 aliphatic rings. The van der Waals surface area contributed by atoms with Gasteiger partial charge in [0, 0.05) is 6.42 Å². The van der Waals surface area contributed by atoms with E-state index in [1.54, 1.807) is 10.6 Å². The number of phosphoric acid groups is 1. The molecular formula is C25H24N5O7P. The highest BCUT2D eigenvalue weighted by molar-refractivity contribution is 7.46. The number of aromatic nitrogens is 4. The first-order chi connectivity index (χ1) is 18.2. The van der Waals surface area contributed by atoms with Crippen LogP contribution in [-0.4, -0.2) is 53.2 Å². The molecule has 38 heavy (non-hydrogen) atoms. The van der Waals surface area contributed by atoms with Gasteiger partial charge in [0.2, 0.25) is 5.95 Å². The molecule has 0 saturated carbocycles. The summed E-state index contributed by atoms with van der Waals surface area (Å²) in [6, 6.07) is 14.5. The molecule has 1 fully saturated rings. The Labute approximate surface area is 215 Å². The Balaban J connectivity index is 1.35. The Hall–Kier alpha value is -3.64. The molecule has 1 saturated heterocycles. The molecule has 0 amide bonds. The van der Waals surface area contributed by atoms with Crippen molar-refractivity contribution in [3.8, 4) is 11.1 Å². The van der Waals surface area contributed by atoms with Gasteiger partial charge in [0.25, 0.3) is 5.56 Å². The van der Waals surface area contributed by atoms with Gasteiger partial charge in [-0.25, -0.2) is 9.55 Å². The minimum atomic E-state index is -4.75. The van der Waals surface area contributed by atoms with Crippen molar-refractivity contribution in [1.29, 1.82) is 0 Å². The zero-order chi connectivity index (χ0) is 26.6. The Bertz CT molecular complexity index is 1690. The van der Waals surface area contributed by atoms with Gasteiger partial charge in [0.1, 0.15) is 18.2 Å². The maximum atomic E-state index is 12.6. The predicted octanol–water partition coefficient (Wildman–Crippen LogP) is 2.20. The van der Waals surface area contributed by atoms with E-state index < -0.39 is 38.4 Å². The number of aliphatic hydroxyl groups is 1. The van der Waals surface area contributed by atoms with E-state index in [0.717, 1.165) is 12.0 Å². The number of hydrogen-bond donors (Lipinski definition) is 5. The fourth-order valence-corrected chi connectivity index (χ4v) is 5.39. The van der Waals surface area contributed by atoms with E-state index in [-0.39, 0.29) is 23.5 Å². The Morgan fingerprint density at radius 2 is 1.95 bits per heavy atom. The van der Waals surface area contributed by atoms with Crippen molar-refractivity contribution in [2.24, 2.45) is 0 Å². The number of aliphatic hydroxyl groups excluding tert-OH is 1. The van der Waals surface area contributed by atoms with E-state index in [0.29, 0.717) is 5.82 Å². The first kappa shape index (κ1) is 24.7. The quantitative estimate of drug-likeness (QED) is 0.201. The van der Waals surface area contributed by atoms with Gasteiger partial charge in [-0.05, 0) is 40.3 Å². The summed E-state index contributed by atoms with van der Waals surface area (Å²) in [4.78, 5) is 41.7. The summed E-state index contributed by atoms with van der Waals surface area (Å²) in [5, 5.41) is 10.5. The maximum Gasteiger partial charge on any atom is 0.469 e. The molecule has 13 heteroatoms. The van der Waals surface area contributed by atoms with Crippen LogP contribution in [0.15, 0.2) is 47.3 Å². The molecule has 3 heterocycles. The molecule has 12 nitrogen and oxygen atoms in total. The van der Waals surface area contributed by atoms with E-state index in [4.69, 9.17) is 20.3 Å². The number of rotatable bonds is 6. The Kier molecular flexibility index (Phi) is 6.03. The van der Waals surface area contributed by atoms with Gasteiger partial charge in [-0.3, -0.25) is 18.9 Å². The van der Waals surface area contributed by atoms with Gasteiger partial charge < -0.3 is 25.4 Å². The third-order valence-electron chi connectivity index (χ3n) is 6.74. The van der Waals surface area contributed by atoms with Crippen LogP contribution in [0.5, 0.6) is 0 Å². The summed E-state index contributed by atoms with van der Waals surface area (Å²) in [7, 11) is -4.75. The fraction of sp³-hybridized carbons (Fsp3) is 0.240. The molecule has 196 valence electrons. The first-order valence-corrected chi connectivity index (χ1v) is 13.4. The lowest BCUT2D eigenvalue weighted by molar-refractivity contribution is -0.0426. The van der Waals surface area contributed by atoms with Crippen LogP contribution in [0, 0.1) is 0 Å². The third-order valence-corrected chi connectivity index (χ3v) is 7.22. The highest BCUT2D eigenvalue weighted by Gasteiger charge is 2.38. The molecule has 2 aromatic heterocycles. The third kappa shape index (κ3) is 4.58. The normalized spacial score (nSPS) is 20.9. The van der Waals surface area contributed by atoms with E-state index in [1.165, 1.54) is 22.3 Å². The fourth-order valence-electron chi connectivity index (χ4n) is 5.05. The van der Waals surface area contributed by atoms with Gasteiger partial charge in [0.05, 0.1) is 12.7 Å². The number of aromatic amines is 1. The molecule has 3 atom stereocenters. The van der Waals surface area contributed by atoms with Crippen molar-refractivity contribution in [2.45, 2.75) is 31.3 Å². The summed E-state index contributed by atoms with van der Waals surface area (Å²) in [6.45, 7) is -0.520.